The van der Waals surface area contributed by atoms with Gasteiger partial charge in [-0.05, 0) is 37.6 Å². The second-order valence-electron chi connectivity index (χ2n) is 4.58. The first-order valence-electron chi connectivity index (χ1n) is 6.28. The van der Waals surface area contributed by atoms with Gasteiger partial charge < -0.3 is 5.11 Å². The minimum atomic E-state index is -0.731. The van der Waals surface area contributed by atoms with Gasteiger partial charge >= 0.3 is 0 Å². The van der Waals surface area contributed by atoms with Crippen molar-refractivity contribution in [3.8, 4) is 0 Å². The lowest BCUT2D eigenvalue weighted by atomic mass is 10.0. The second kappa shape index (κ2) is 6.35. The van der Waals surface area contributed by atoms with Crippen molar-refractivity contribution >= 4 is 34.8 Å². The molecular formula is C14H15Cl3N2O. The highest BCUT2D eigenvalue weighted by Gasteiger charge is 2.18. The number of rotatable bonds is 4. The van der Waals surface area contributed by atoms with E-state index in [4.69, 9.17) is 34.8 Å². The van der Waals surface area contributed by atoms with Gasteiger partial charge in [-0.25, -0.2) is 0 Å². The van der Waals surface area contributed by atoms with E-state index in [2.05, 4.69) is 5.10 Å². The molecular weight excluding hydrogens is 319 g/mol. The molecule has 0 saturated carbocycles. The summed E-state index contributed by atoms with van der Waals surface area (Å²) < 4.78 is 1.80. The summed E-state index contributed by atoms with van der Waals surface area (Å²) in [5, 5.41) is 16.3. The predicted molar refractivity (Wildman–Crippen MR) is 82.8 cm³/mol. The predicted octanol–water partition coefficient (Wildman–Crippen LogP) is 4.45. The van der Waals surface area contributed by atoms with Gasteiger partial charge in [-0.3, -0.25) is 4.68 Å². The molecule has 0 aliphatic carbocycles. The number of hydrogen-bond acceptors (Lipinski definition) is 2. The molecule has 1 aromatic carbocycles. The van der Waals surface area contributed by atoms with Crippen LogP contribution in [-0.4, -0.2) is 14.9 Å². The third-order valence-electron chi connectivity index (χ3n) is 3.11. The zero-order valence-corrected chi connectivity index (χ0v) is 13.5. The van der Waals surface area contributed by atoms with Crippen LogP contribution in [0.2, 0.25) is 15.1 Å². The molecule has 0 amide bonds. The summed E-state index contributed by atoms with van der Waals surface area (Å²) in [7, 11) is 0. The molecule has 0 saturated heterocycles. The van der Waals surface area contributed by atoms with Crippen molar-refractivity contribution in [3.05, 3.63) is 50.2 Å². The Balaban J connectivity index is 2.29. The molecule has 0 aliphatic heterocycles. The summed E-state index contributed by atoms with van der Waals surface area (Å²) in [6.45, 7) is 4.53. The molecule has 0 fully saturated rings. The Bertz CT molecular complexity index is 605. The quantitative estimate of drug-likeness (QED) is 0.897. The lowest BCUT2D eigenvalue weighted by Gasteiger charge is -2.13. The fourth-order valence-corrected chi connectivity index (χ4v) is 2.89. The molecule has 2 rings (SSSR count). The van der Waals surface area contributed by atoms with E-state index in [1.165, 1.54) is 0 Å². The van der Waals surface area contributed by atoms with Crippen LogP contribution < -0.4 is 0 Å². The van der Waals surface area contributed by atoms with Gasteiger partial charge in [0.05, 0.1) is 22.5 Å². The highest BCUT2D eigenvalue weighted by Crippen LogP contribution is 2.29. The molecule has 108 valence electrons. The largest absolute Gasteiger partial charge is 0.388 e. The Kier molecular flexibility index (Phi) is 4.97. The van der Waals surface area contributed by atoms with Crippen LogP contribution in [0.1, 0.15) is 30.0 Å². The Labute approximate surface area is 133 Å². The molecule has 1 unspecified atom stereocenters. The lowest BCUT2D eigenvalue weighted by molar-refractivity contribution is 0.175. The van der Waals surface area contributed by atoms with Crippen molar-refractivity contribution in [1.82, 2.24) is 9.78 Å². The molecule has 0 aliphatic rings. The van der Waals surface area contributed by atoms with Crippen LogP contribution in [-0.2, 0) is 13.0 Å². The van der Waals surface area contributed by atoms with Crippen LogP contribution in [0.15, 0.2) is 18.2 Å². The van der Waals surface area contributed by atoms with Gasteiger partial charge in [0.1, 0.15) is 0 Å². The minimum Gasteiger partial charge on any atom is -0.388 e. The van der Waals surface area contributed by atoms with Crippen molar-refractivity contribution in [3.63, 3.8) is 0 Å². The van der Waals surface area contributed by atoms with E-state index in [0.29, 0.717) is 33.6 Å². The summed E-state index contributed by atoms with van der Waals surface area (Å²) in [5.41, 5.74) is 2.25. The second-order valence-corrected chi connectivity index (χ2v) is 5.84. The van der Waals surface area contributed by atoms with Gasteiger partial charge in [0.2, 0.25) is 0 Å². The molecule has 0 bridgehead atoms. The summed E-state index contributed by atoms with van der Waals surface area (Å²) in [6, 6.07) is 5.03. The Morgan fingerprint density at radius 1 is 1.20 bits per heavy atom. The van der Waals surface area contributed by atoms with Crippen molar-refractivity contribution in [2.45, 2.75) is 32.9 Å². The molecule has 20 heavy (non-hydrogen) atoms. The number of hydrogen-bond donors (Lipinski definition) is 1. The van der Waals surface area contributed by atoms with E-state index in [1.54, 1.807) is 22.9 Å². The molecule has 0 radical (unpaired) electrons. The van der Waals surface area contributed by atoms with E-state index in [-0.39, 0.29) is 0 Å². The number of halogens is 3. The van der Waals surface area contributed by atoms with Crippen molar-refractivity contribution in [1.29, 1.82) is 0 Å². The van der Waals surface area contributed by atoms with Crippen LogP contribution in [0.25, 0.3) is 0 Å². The van der Waals surface area contributed by atoms with E-state index in [0.717, 1.165) is 11.4 Å². The summed E-state index contributed by atoms with van der Waals surface area (Å²) in [5.74, 6) is 0. The average molecular weight is 334 g/mol. The van der Waals surface area contributed by atoms with Gasteiger partial charge in [0.25, 0.3) is 0 Å². The van der Waals surface area contributed by atoms with Crippen LogP contribution >= 0.6 is 34.8 Å². The zero-order valence-electron chi connectivity index (χ0n) is 11.2. The van der Waals surface area contributed by atoms with E-state index in [1.807, 2.05) is 13.8 Å². The van der Waals surface area contributed by atoms with Crippen LogP contribution in [0.5, 0.6) is 0 Å². The SMILES string of the molecule is CCn1nc(C)c(Cl)c1CC(O)c1cc(Cl)cc(Cl)c1. The average Bonchev–Trinajstić information content (AvgIpc) is 2.65. The smallest absolute Gasteiger partial charge is 0.0848 e. The minimum absolute atomic E-state index is 0.365. The molecule has 1 N–H and O–H groups in total. The van der Waals surface area contributed by atoms with E-state index < -0.39 is 6.10 Å². The molecule has 1 heterocycles. The van der Waals surface area contributed by atoms with E-state index in [9.17, 15) is 5.11 Å². The Morgan fingerprint density at radius 2 is 1.80 bits per heavy atom. The van der Waals surface area contributed by atoms with Crippen LogP contribution in [0.4, 0.5) is 0 Å². The normalized spacial score (nSPS) is 12.7. The third-order valence-corrected chi connectivity index (χ3v) is 4.04. The fraction of sp³-hybridized carbons (Fsp3) is 0.357. The molecule has 2 aromatic rings. The van der Waals surface area contributed by atoms with Crippen LogP contribution in [0.3, 0.4) is 0 Å². The maximum absolute atomic E-state index is 10.4. The Morgan fingerprint density at radius 3 is 2.35 bits per heavy atom. The standard InChI is InChI=1S/C14H15Cl3N2O/c1-3-19-12(14(17)8(2)18-19)7-13(20)9-4-10(15)6-11(16)5-9/h4-6,13,20H,3,7H2,1-2H3. The number of nitrogens with zero attached hydrogens (tertiary/aromatic N) is 2. The molecule has 1 aromatic heterocycles. The highest BCUT2D eigenvalue weighted by molar-refractivity contribution is 6.34. The molecule has 0 spiro atoms. The third kappa shape index (κ3) is 3.29. The van der Waals surface area contributed by atoms with Gasteiger partial charge in [-0.1, -0.05) is 34.8 Å². The number of aliphatic hydroxyl groups is 1. The van der Waals surface area contributed by atoms with Gasteiger partial charge in [-0.15, -0.1) is 0 Å². The fourth-order valence-electron chi connectivity index (χ4n) is 2.13. The first-order valence-corrected chi connectivity index (χ1v) is 7.41. The number of aromatic nitrogens is 2. The maximum atomic E-state index is 10.4. The van der Waals surface area contributed by atoms with Crippen LogP contribution in [0, 0.1) is 6.92 Å². The summed E-state index contributed by atoms with van der Waals surface area (Å²) >= 11 is 18.1. The number of aliphatic hydroxyl groups excluding tert-OH is 1. The van der Waals surface area contributed by atoms with Gasteiger partial charge in [-0.2, -0.15) is 5.10 Å². The van der Waals surface area contributed by atoms with E-state index >= 15 is 0 Å². The highest BCUT2D eigenvalue weighted by atomic mass is 35.5. The summed E-state index contributed by atoms with van der Waals surface area (Å²) in [6.07, 6.45) is -0.366. The Hall–Kier alpha value is -0.740. The molecule has 6 heteroatoms. The molecule has 3 nitrogen and oxygen atoms in total. The maximum Gasteiger partial charge on any atom is 0.0848 e. The van der Waals surface area contributed by atoms with Crippen molar-refractivity contribution in [2.75, 3.05) is 0 Å². The first-order chi connectivity index (χ1) is 9.42. The van der Waals surface area contributed by atoms with Crippen molar-refractivity contribution < 1.29 is 5.11 Å². The number of benzene rings is 1. The van der Waals surface area contributed by atoms with Gasteiger partial charge in [0.15, 0.2) is 0 Å². The zero-order chi connectivity index (χ0) is 14.9. The molecule has 1 atom stereocenters. The summed E-state index contributed by atoms with van der Waals surface area (Å²) in [4.78, 5) is 0. The first kappa shape index (κ1) is 15.6. The topological polar surface area (TPSA) is 38.0 Å². The van der Waals surface area contributed by atoms with Gasteiger partial charge in [0, 0.05) is 23.0 Å². The monoisotopic (exact) mass is 332 g/mol. The van der Waals surface area contributed by atoms with Crippen molar-refractivity contribution in [2.24, 2.45) is 0 Å². The number of aryl methyl sites for hydroxylation is 2. The lowest BCUT2D eigenvalue weighted by Crippen LogP contribution is -2.09.